The second-order valence-electron chi connectivity index (χ2n) is 7.79. The minimum Gasteiger partial charge on any atom is -0.297 e. The Kier molecular flexibility index (Phi) is 4.11. The molecule has 0 N–H and O–H groups in total. The predicted octanol–water partition coefficient (Wildman–Crippen LogP) is 4.02. The van der Waals surface area contributed by atoms with Crippen molar-refractivity contribution in [3.05, 3.63) is 119 Å². The quantitative estimate of drug-likeness (QED) is 0.472. The number of amides is 2. The highest BCUT2D eigenvalue weighted by Gasteiger charge is 2.36. The molecule has 6 heteroatoms. The van der Waals surface area contributed by atoms with Crippen molar-refractivity contribution in [2.24, 2.45) is 4.99 Å². The number of hydrogen-bond acceptors (Lipinski definition) is 4. The molecule has 4 aromatic rings. The molecule has 3 heterocycles. The molecule has 0 unspecified atom stereocenters. The van der Waals surface area contributed by atoms with Crippen molar-refractivity contribution in [1.29, 1.82) is 0 Å². The Bertz CT molecular complexity index is 1380. The van der Waals surface area contributed by atoms with Crippen LogP contribution in [0.25, 0.3) is 5.69 Å². The van der Waals surface area contributed by atoms with Gasteiger partial charge in [-0.25, -0.2) is 4.98 Å². The predicted molar refractivity (Wildman–Crippen MR) is 120 cm³/mol. The Morgan fingerprint density at radius 3 is 2.09 bits per heavy atom. The molecule has 1 aromatic heterocycles. The van der Waals surface area contributed by atoms with Crippen molar-refractivity contribution in [2.75, 3.05) is 0 Å². The monoisotopic (exact) mass is 418 g/mol. The summed E-state index contributed by atoms with van der Waals surface area (Å²) in [7, 11) is 0. The largest absolute Gasteiger partial charge is 0.297 e. The van der Waals surface area contributed by atoms with Gasteiger partial charge < -0.3 is 0 Å². The van der Waals surface area contributed by atoms with Gasteiger partial charge in [0.15, 0.2) is 0 Å². The van der Waals surface area contributed by atoms with Gasteiger partial charge >= 0.3 is 0 Å². The Morgan fingerprint density at radius 2 is 1.38 bits per heavy atom. The minimum absolute atomic E-state index is 0.147. The molecular weight excluding hydrogens is 400 g/mol. The first kappa shape index (κ1) is 18.4. The van der Waals surface area contributed by atoms with E-state index in [0.29, 0.717) is 17.7 Å². The smallest absolute Gasteiger partial charge is 0.261 e. The van der Waals surface area contributed by atoms with Gasteiger partial charge in [0, 0.05) is 11.1 Å². The van der Waals surface area contributed by atoms with Crippen LogP contribution in [0.3, 0.4) is 0 Å². The zero-order chi connectivity index (χ0) is 21.7. The molecule has 0 bridgehead atoms. The summed E-state index contributed by atoms with van der Waals surface area (Å²) in [4.78, 5) is 36.6. The molecule has 0 fully saturated rings. The maximum absolute atomic E-state index is 12.9. The first-order valence-corrected chi connectivity index (χ1v) is 10.4. The maximum atomic E-state index is 12.9. The average molecular weight is 418 g/mol. The summed E-state index contributed by atoms with van der Waals surface area (Å²) in [5.74, 6) is 0.226. The summed E-state index contributed by atoms with van der Waals surface area (Å²) >= 11 is 0. The summed E-state index contributed by atoms with van der Waals surface area (Å²) < 4.78 is 2.03. The van der Waals surface area contributed by atoms with Crippen LogP contribution in [0.15, 0.2) is 90.1 Å². The van der Waals surface area contributed by atoms with E-state index in [0.717, 1.165) is 34.0 Å². The molecule has 0 aliphatic carbocycles. The van der Waals surface area contributed by atoms with Gasteiger partial charge in [0.2, 0.25) is 0 Å². The van der Waals surface area contributed by atoms with Crippen LogP contribution in [0.5, 0.6) is 0 Å². The Hall–Kier alpha value is -4.32. The molecule has 3 aromatic carbocycles. The van der Waals surface area contributed by atoms with Crippen molar-refractivity contribution in [1.82, 2.24) is 14.5 Å². The molecular formula is C26H18N4O2. The van der Waals surface area contributed by atoms with Gasteiger partial charge in [-0.05, 0) is 18.2 Å². The number of imidazole rings is 1. The molecule has 154 valence electrons. The van der Waals surface area contributed by atoms with E-state index < -0.39 is 0 Å². The van der Waals surface area contributed by atoms with Crippen molar-refractivity contribution in [3.8, 4) is 5.69 Å². The number of aromatic nitrogens is 2. The van der Waals surface area contributed by atoms with E-state index in [1.165, 1.54) is 4.90 Å². The zero-order valence-corrected chi connectivity index (χ0v) is 17.1. The SMILES string of the molecule is O=C1c2ccccc2C(=O)N1Cc1cnc2n1-c1ccccc1C(c1ccccc1)=NC2. The number of nitrogens with zero attached hydrogens (tertiary/aromatic N) is 4. The molecule has 0 spiro atoms. The van der Waals surface area contributed by atoms with Crippen LogP contribution in [0.4, 0.5) is 0 Å². The van der Waals surface area contributed by atoms with E-state index >= 15 is 0 Å². The number of rotatable bonds is 3. The number of hydrogen-bond donors (Lipinski definition) is 0. The minimum atomic E-state index is -0.274. The van der Waals surface area contributed by atoms with Crippen LogP contribution in [-0.2, 0) is 13.1 Å². The van der Waals surface area contributed by atoms with Gasteiger partial charge in [-0.3, -0.25) is 24.0 Å². The number of aliphatic imine (C=N–C) groups is 1. The normalized spacial score (nSPS) is 14.5. The van der Waals surface area contributed by atoms with Crippen LogP contribution >= 0.6 is 0 Å². The highest BCUT2D eigenvalue weighted by Crippen LogP contribution is 2.29. The fourth-order valence-electron chi connectivity index (χ4n) is 4.44. The maximum Gasteiger partial charge on any atom is 0.261 e. The number of fused-ring (bicyclic) bond motifs is 4. The van der Waals surface area contributed by atoms with Gasteiger partial charge in [0.1, 0.15) is 5.82 Å². The van der Waals surface area contributed by atoms with Crippen molar-refractivity contribution < 1.29 is 9.59 Å². The highest BCUT2D eigenvalue weighted by molar-refractivity contribution is 6.21. The molecule has 6 nitrogen and oxygen atoms in total. The highest BCUT2D eigenvalue weighted by atomic mass is 16.2. The Labute approximate surface area is 184 Å². The Balaban J connectivity index is 1.43. The van der Waals surface area contributed by atoms with Crippen LogP contribution in [0, 0.1) is 0 Å². The summed E-state index contributed by atoms with van der Waals surface area (Å²) in [5, 5.41) is 0. The van der Waals surface area contributed by atoms with E-state index in [9.17, 15) is 9.59 Å². The molecule has 0 saturated heterocycles. The van der Waals surface area contributed by atoms with Gasteiger partial charge in [-0.2, -0.15) is 0 Å². The van der Waals surface area contributed by atoms with Gasteiger partial charge in [-0.1, -0.05) is 60.7 Å². The number of carbonyl (C=O) groups is 2. The lowest BCUT2D eigenvalue weighted by Gasteiger charge is -2.18. The topological polar surface area (TPSA) is 67.6 Å². The molecule has 0 atom stereocenters. The summed E-state index contributed by atoms with van der Waals surface area (Å²) in [6, 6.07) is 25.0. The third kappa shape index (κ3) is 2.73. The van der Waals surface area contributed by atoms with E-state index in [2.05, 4.69) is 4.98 Å². The molecule has 0 radical (unpaired) electrons. The van der Waals surface area contributed by atoms with Crippen LogP contribution in [-0.4, -0.2) is 32.0 Å². The fraction of sp³-hybridized carbons (Fsp3) is 0.0769. The lowest BCUT2D eigenvalue weighted by molar-refractivity contribution is 0.0639. The summed E-state index contributed by atoms with van der Waals surface area (Å²) in [6.45, 7) is 0.551. The number of imide groups is 1. The van der Waals surface area contributed by atoms with E-state index in [4.69, 9.17) is 4.99 Å². The van der Waals surface area contributed by atoms with Gasteiger partial charge in [-0.15, -0.1) is 0 Å². The number of carbonyl (C=O) groups excluding carboxylic acids is 2. The van der Waals surface area contributed by atoms with Crippen LogP contribution in [0.1, 0.15) is 43.4 Å². The van der Waals surface area contributed by atoms with Crippen molar-refractivity contribution in [3.63, 3.8) is 0 Å². The van der Waals surface area contributed by atoms with Crippen LogP contribution < -0.4 is 0 Å². The molecule has 2 aliphatic heterocycles. The number of para-hydroxylation sites is 1. The van der Waals surface area contributed by atoms with Crippen molar-refractivity contribution in [2.45, 2.75) is 13.1 Å². The average Bonchev–Trinajstić information content (AvgIpc) is 3.28. The van der Waals surface area contributed by atoms with Gasteiger partial charge in [0.05, 0.1) is 47.5 Å². The zero-order valence-electron chi connectivity index (χ0n) is 17.1. The molecule has 6 rings (SSSR count). The van der Waals surface area contributed by atoms with E-state index in [-0.39, 0.29) is 18.4 Å². The van der Waals surface area contributed by atoms with Gasteiger partial charge in [0.25, 0.3) is 11.8 Å². The molecule has 2 amide bonds. The first-order valence-electron chi connectivity index (χ1n) is 10.4. The van der Waals surface area contributed by atoms with Crippen LogP contribution in [0.2, 0.25) is 0 Å². The lowest BCUT2D eigenvalue weighted by Crippen LogP contribution is -2.30. The summed E-state index contributed by atoms with van der Waals surface area (Å²) in [6.07, 6.45) is 1.73. The fourth-order valence-corrected chi connectivity index (χ4v) is 4.44. The van der Waals surface area contributed by atoms with E-state index in [1.807, 2.05) is 59.2 Å². The number of benzene rings is 3. The third-order valence-electron chi connectivity index (χ3n) is 5.93. The van der Waals surface area contributed by atoms with E-state index in [1.54, 1.807) is 30.5 Å². The van der Waals surface area contributed by atoms with Crippen molar-refractivity contribution >= 4 is 17.5 Å². The first-order chi connectivity index (χ1) is 15.7. The Morgan fingerprint density at radius 1 is 0.750 bits per heavy atom. The lowest BCUT2D eigenvalue weighted by atomic mass is 10.0. The molecule has 32 heavy (non-hydrogen) atoms. The standard InChI is InChI=1S/C26H18N4O2/c31-25-19-10-4-5-11-20(19)26(32)29(25)16-18-14-27-23-15-28-24(17-8-2-1-3-9-17)21-12-6-7-13-22(21)30(18)23/h1-14H,15-16H2. The second kappa shape index (κ2) is 7.13. The molecule has 0 saturated carbocycles. The summed E-state index contributed by atoms with van der Waals surface area (Å²) in [5.41, 5.74) is 5.52. The second-order valence-corrected chi connectivity index (χ2v) is 7.79. The molecule has 2 aliphatic rings. The third-order valence-corrected chi connectivity index (χ3v) is 5.93.